The number of hydrogen-bond acceptors (Lipinski definition) is 3. The van der Waals surface area contributed by atoms with Crippen LogP contribution in [-0.2, 0) is 0 Å². The van der Waals surface area contributed by atoms with E-state index < -0.39 is 0 Å². The summed E-state index contributed by atoms with van der Waals surface area (Å²) in [5.74, 6) is 0. The topological polar surface area (TPSA) is 25.8 Å². The van der Waals surface area contributed by atoms with Gasteiger partial charge in [-0.05, 0) is 18.8 Å². The Bertz CT molecular complexity index is 271. The lowest BCUT2D eigenvalue weighted by molar-refractivity contribution is 1.03. The Morgan fingerprint density at radius 2 is 2.09 bits per heavy atom. The highest BCUT2D eigenvalue weighted by Crippen LogP contribution is 2.19. The Labute approximate surface area is 70.8 Å². The van der Waals surface area contributed by atoms with Crippen LogP contribution in [0.1, 0.15) is 12.6 Å². The van der Waals surface area contributed by atoms with Crippen LogP contribution in [0.2, 0.25) is 0 Å². The minimum atomic E-state index is 0.903. The normalized spacial score (nSPS) is 9.64. The predicted molar refractivity (Wildman–Crippen MR) is 48.5 cm³/mol. The van der Waals surface area contributed by atoms with Crippen molar-refractivity contribution in [2.45, 2.75) is 11.9 Å². The van der Waals surface area contributed by atoms with Crippen LogP contribution in [0.4, 0.5) is 0 Å². The fraction of sp³-hybridized carbons (Fsp3) is 0.250. The first-order chi connectivity index (χ1) is 5.25. The fourth-order valence-electron chi connectivity index (χ4n) is 0.767. The largest absolute Gasteiger partial charge is 0.252 e. The van der Waals surface area contributed by atoms with E-state index in [0.29, 0.717) is 0 Å². The maximum absolute atomic E-state index is 4.17. The van der Waals surface area contributed by atoms with Gasteiger partial charge in [0.2, 0.25) is 0 Å². The highest BCUT2D eigenvalue weighted by Gasteiger charge is 2.02. The molecule has 0 atom stereocenters. The summed E-state index contributed by atoms with van der Waals surface area (Å²) in [6.45, 7) is 5.75. The Kier molecular flexibility index (Phi) is 2.65. The molecular weight excluding hydrogens is 156 g/mol. The number of aromatic nitrogens is 2. The van der Waals surface area contributed by atoms with Gasteiger partial charge in [0.05, 0.1) is 5.69 Å². The van der Waals surface area contributed by atoms with Crippen LogP contribution in [0.25, 0.3) is 5.57 Å². The van der Waals surface area contributed by atoms with Crippen molar-refractivity contribution in [3.05, 3.63) is 24.7 Å². The molecule has 0 aliphatic heterocycles. The molecule has 0 aliphatic rings. The second-order valence-electron chi connectivity index (χ2n) is 2.19. The minimum absolute atomic E-state index is 0.903. The number of hydrogen-bond donors (Lipinski definition) is 0. The van der Waals surface area contributed by atoms with E-state index in [4.69, 9.17) is 0 Å². The van der Waals surface area contributed by atoms with Crippen LogP contribution in [0.3, 0.4) is 0 Å². The van der Waals surface area contributed by atoms with Gasteiger partial charge in [-0.1, -0.05) is 6.58 Å². The van der Waals surface area contributed by atoms with Gasteiger partial charge in [0.25, 0.3) is 0 Å². The van der Waals surface area contributed by atoms with Crippen molar-refractivity contribution in [2.75, 3.05) is 6.26 Å². The van der Waals surface area contributed by atoms with Crippen LogP contribution in [0, 0.1) is 0 Å². The standard InChI is InChI=1S/C8H10N2S/c1-6(2)7-8(11-3)10-5-4-9-7/h4-5H,1H2,2-3H3. The van der Waals surface area contributed by atoms with Crippen molar-refractivity contribution in [2.24, 2.45) is 0 Å². The number of nitrogens with zero attached hydrogens (tertiary/aromatic N) is 2. The molecule has 2 nitrogen and oxygen atoms in total. The summed E-state index contributed by atoms with van der Waals surface area (Å²) < 4.78 is 0. The lowest BCUT2D eigenvalue weighted by Gasteiger charge is -2.01. The maximum atomic E-state index is 4.17. The van der Waals surface area contributed by atoms with Crippen LogP contribution < -0.4 is 0 Å². The Morgan fingerprint density at radius 1 is 1.45 bits per heavy atom. The molecule has 0 radical (unpaired) electrons. The third kappa shape index (κ3) is 1.80. The van der Waals surface area contributed by atoms with E-state index in [9.17, 15) is 0 Å². The molecule has 0 N–H and O–H groups in total. The van der Waals surface area contributed by atoms with Gasteiger partial charge in [0, 0.05) is 12.4 Å². The van der Waals surface area contributed by atoms with Gasteiger partial charge in [-0.2, -0.15) is 0 Å². The van der Waals surface area contributed by atoms with Gasteiger partial charge >= 0.3 is 0 Å². The maximum Gasteiger partial charge on any atom is 0.122 e. The van der Waals surface area contributed by atoms with Crippen molar-refractivity contribution >= 4 is 17.3 Å². The second-order valence-corrected chi connectivity index (χ2v) is 2.99. The summed E-state index contributed by atoms with van der Waals surface area (Å²) in [4.78, 5) is 8.32. The molecule has 58 valence electrons. The van der Waals surface area contributed by atoms with E-state index >= 15 is 0 Å². The van der Waals surface area contributed by atoms with E-state index in [2.05, 4.69) is 16.5 Å². The Morgan fingerprint density at radius 3 is 2.55 bits per heavy atom. The average Bonchev–Trinajstić information content (AvgIpc) is 2.04. The molecule has 0 amide bonds. The molecule has 1 aromatic heterocycles. The summed E-state index contributed by atoms with van der Waals surface area (Å²) in [5.41, 5.74) is 1.86. The van der Waals surface area contributed by atoms with Gasteiger partial charge in [-0.15, -0.1) is 11.8 Å². The predicted octanol–water partition coefficient (Wildman–Crippen LogP) is 2.23. The monoisotopic (exact) mass is 166 g/mol. The van der Waals surface area contributed by atoms with E-state index in [-0.39, 0.29) is 0 Å². The van der Waals surface area contributed by atoms with Crippen LogP contribution in [0.15, 0.2) is 24.0 Å². The highest BCUT2D eigenvalue weighted by atomic mass is 32.2. The van der Waals surface area contributed by atoms with Crippen LogP contribution >= 0.6 is 11.8 Å². The molecule has 0 fully saturated rings. The Hall–Kier alpha value is -0.830. The van der Waals surface area contributed by atoms with Gasteiger partial charge in [0.1, 0.15) is 5.03 Å². The average molecular weight is 166 g/mol. The smallest absolute Gasteiger partial charge is 0.122 e. The second kappa shape index (κ2) is 3.53. The molecule has 0 bridgehead atoms. The zero-order valence-electron chi connectivity index (χ0n) is 6.66. The molecule has 11 heavy (non-hydrogen) atoms. The number of rotatable bonds is 2. The SMILES string of the molecule is C=C(C)c1nccnc1SC. The van der Waals surface area contributed by atoms with Gasteiger partial charge in [0.15, 0.2) is 0 Å². The van der Waals surface area contributed by atoms with Crippen LogP contribution in [0.5, 0.6) is 0 Å². The third-order valence-corrected chi connectivity index (χ3v) is 1.95. The molecule has 0 saturated heterocycles. The van der Waals surface area contributed by atoms with Crippen molar-refractivity contribution in [3.8, 4) is 0 Å². The summed E-state index contributed by atoms with van der Waals surface area (Å²) in [6, 6.07) is 0. The third-order valence-electron chi connectivity index (χ3n) is 1.26. The molecule has 0 unspecified atom stereocenters. The molecular formula is C8H10N2S. The highest BCUT2D eigenvalue weighted by molar-refractivity contribution is 7.98. The zero-order chi connectivity index (χ0) is 8.27. The first-order valence-electron chi connectivity index (χ1n) is 3.26. The van der Waals surface area contributed by atoms with Crippen molar-refractivity contribution in [1.29, 1.82) is 0 Å². The Balaban J connectivity index is 3.12. The van der Waals surface area contributed by atoms with E-state index in [0.717, 1.165) is 16.3 Å². The van der Waals surface area contributed by atoms with Gasteiger partial charge in [-0.25, -0.2) is 4.98 Å². The molecule has 1 heterocycles. The summed E-state index contributed by atoms with van der Waals surface area (Å²) >= 11 is 1.59. The fourth-order valence-corrected chi connectivity index (χ4v) is 1.35. The molecule has 3 heteroatoms. The van der Waals surface area contributed by atoms with E-state index in [1.807, 2.05) is 13.2 Å². The molecule has 0 aliphatic carbocycles. The minimum Gasteiger partial charge on any atom is -0.252 e. The van der Waals surface area contributed by atoms with Crippen molar-refractivity contribution in [1.82, 2.24) is 9.97 Å². The lowest BCUT2D eigenvalue weighted by Crippen LogP contribution is -1.90. The first kappa shape index (κ1) is 8.27. The number of thioether (sulfide) groups is 1. The van der Waals surface area contributed by atoms with Gasteiger partial charge in [-0.3, -0.25) is 4.98 Å². The van der Waals surface area contributed by atoms with Gasteiger partial charge < -0.3 is 0 Å². The lowest BCUT2D eigenvalue weighted by atomic mass is 10.3. The molecule has 0 saturated carbocycles. The summed E-state index contributed by atoms with van der Waals surface area (Å²) in [6.07, 6.45) is 5.36. The van der Waals surface area contributed by atoms with Crippen molar-refractivity contribution < 1.29 is 0 Å². The summed E-state index contributed by atoms with van der Waals surface area (Å²) in [7, 11) is 0. The molecule has 1 aromatic rings. The first-order valence-corrected chi connectivity index (χ1v) is 4.49. The van der Waals surface area contributed by atoms with E-state index in [1.165, 1.54) is 0 Å². The quantitative estimate of drug-likeness (QED) is 0.630. The zero-order valence-corrected chi connectivity index (χ0v) is 7.48. The van der Waals surface area contributed by atoms with Crippen molar-refractivity contribution in [3.63, 3.8) is 0 Å². The molecule has 0 aromatic carbocycles. The van der Waals surface area contributed by atoms with Crippen LogP contribution in [-0.4, -0.2) is 16.2 Å². The molecule has 0 spiro atoms. The summed E-state index contributed by atoms with van der Waals surface area (Å²) in [5, 5.41) is 0.944. The molecule has 1 rings (SSSR count). The number of allylic oxidation sites excluding steroid dienone is 1. The van der Waals surface area contributed by atoms with E-state index in [1.54, 1.807) is 24.2 Å².